The number of hydrogen-bond acceptors (Lipinski definition) is 5. The molecule has 0 spiro atoms. The molecule has 0 aromatic carbocycles. The fraction of sp³-hybridized carbons (Fsp3) is 0. The molecule has 0 saturated heterocycles. The van der Waals surface area contributed by atoms with Gasteiger partial charge in [-0.05, 0) is 0 Å². The zero-order chi connectivity index (χ0) is 7.40. The minimum absolute atomic E-state index is 0.166. The molecular weight excluding hydrogens is 132 g/mol. The Balaban J connectivity index is 3.01. The molecule has 0 fully saturated rings. The zero-order valence-corrected chi connectivity index (χ0v) is 4.94. The molecule has 0 saturated carbocycles. The van der Waals surface area contributed by atoms with Crippen LogP contribution in [0.4, 0.5) is 5.82 Å². The molecule has 0 atom stereocenters. The normalized spacial score (nSPS) is 8.40. The third-order valence-corrected chi connectivity index (χ3v) is 0.864. The van der Waals surface area contributed by atoms with E-state index in [2.05, 4.69) is 9.97 Å². The highest BCUT2D eigenvalue weighted by Gasteiger charge is 1.93. The van der Waals surface area contributed by atoms with Crippen LogP contribution >= 0.6 is 0 Å². The van der Waals surface area contributed by atoms with Gasteiger partial charge in [-0.15, -0.1) is 0 Å². The fourth-order valence-electron chi connectivity index (χ4n) is 0.474. The third-order valence-electron chi connectivity index (χ3n) is 0.864. The van der Waals surface area contributed by atoms with Crippen LogP contribution in [-0.4, -0.2) is 15.2 Å². The Bertz CT molecular complexity index is 267. The number of anilines is 1. The van der Waals surface area contributed by atoms with E-state index in [0.29, 0.717) is 0 Å². The highest BCUT2D eigenvalue weighted by atomic mass is 16.5. The van der Waals surface area contributed by atoms with Crippen molar-refractivity contribution >= 4 is 5.82 Å². The predicted molar refractivity (Wildman–Crippen MR) is 32.2 cm³/mol. The van der Waals surface area contributed by atoms with Gasteiger partial charge in [-0.2, -0.15) is 5.26 Å². The van der Waals surface area contributed by atoms with Gasteiger partial charge in [0.05, 0.1) is 12.4 Å². The zero-order valence-electron chi connectivity index (χ0n) is 4.94. The highest BCUT2D eigenvalue weighted by molar-refractivity contribution is 5.31. The minimum atomic E-state index is 0.166. The van der Waals surface area contributed by atoms with Gasteiger partial charge in [-0.25, -0.2) is 4.98 Å². The van der Waals surface area contributed by atoms with Gasteiger partial charge in [-0.3, -0.25) is 15.7 Å². The Hall–Kier alpha value is -1.67. The van der Waals surface area contributed by atoms with Crippen molar-refractivity contribution in [2.45, 2.75) is 0 Å². The Morgan fingerprint density at radius 1 is 1.60 bits per heavy atom. The number of nitrogens with zero attached hydrogens (tertiary/aromatic N) is 3. The number of hydrogen-bond donors (Lipinski definition) is 2. The van der Waals surface area contributed by atoms with Crippen LogP contribution in [0.15, 0.2) is 12.4 Å². The van der Waals surface area contributed by atoms with Gasteiger partial charge in [0.15, 0.2) is 11.5 Å². The lowest BCUT2D eigenvalue weighted by molar-refractivity contribution is 0.385. The molecule has 5 heteroatoms. The lowest BCUT2D eigenvalue weighted by Crippen LogP contribution is -1.95. The molecule has 10 heavy (non-hydrogen) atoms. The summed E-state index contributed by atoms with van der Waals surface area (Å²) in [5.74, 6) is 0.166. The first-order valence-electron chi connectivity index (χ1n) is 2.49. The molecule has 50 valence electrons. The van der Waals surface area contributed by atoms with Gasteiger partial charge in [0.2, 0.25) is 0 Å². The van der Waals surface area contributed by atoms with Crippen LogP contribution in [-0.2, 0) is 0 Å². The molecule has 1 aromatic heterocycles. The predicted octanol–water partition coefficient (Wildman–Crippen LogP) is 0.149. The molecule has 1 rings (SSSR count). The van der Waals surface area contributed by atoms with Crippen molar-refractivity contribution in [2.75, 3.05) is 5.48 Å². The smallest absolute Gasteiger partial charge is 0.169 e. The van der Waals surface area contributed by atoms with Crippen molar-refractivity contribution in [2.24, 2.45) is 0 Å². The molecule has 0 aliphatic rings. The summed E-state index contributed by atoms with van der Waals surface area (Å²) in [6.45, 7) is 0. The maximum atomic E-state index is 8.30. The largest absolute Gasteiger partial charge is 0.290 e. The number of aromatic nitrogens is 2. The van der Waals surface area contributed by atoms with E-state index in [4.69, 9.17) is 10.5 Å². The number of nitrogens with one attached hydrogen (secondary N) is 1. The molecule has 0 unspecified atom stereocenters. The molecule has 1 heterocycles. The van der Waals surface area contributed by atoms with Gasteiger partial charge in [0, 0.05) is 0 Å². The molecule has 0 aliphatic carbocycles. The lowest BCUT2D eigenvalue weighted by atomic mass is 10.5. The van der Waals surface area contributed by atoms with E-state index in [0.717, 1.165) is 0 Å². The summed E-state index contributed by atoms with van der Waals surface area (Å²) in [5, 5.41) is 16.6. The summed E-state index contributed by atoms with van der Waals surface area (Å²) in [4.78, 5) is 7.24. The molecule has 0 aliphatic heterocycles. The maximum Gasteiger partial charge on any atom is 0.169 e. The molecule has 2 N–H and O–H groups in total. The monoisotopic (exact) mass is 136 g/mol. The summed E-state index contributed by atoms with van der Waals surface area (Å²) in [5.41, 5.74) is 1.94. The SMILES string of the molecule is N#Cc1cncc(NO)n1. The molecule has 0 radical (unpaired) electrons. The molecule has 0 bridgehead atoms. The van der Waals surface area contributed by atoms with Gasteiger partial charge in [0.1, 0.15) is 6.07 Å². The first-order valence-corrected chi connectivity index (χ1v) is 2.49. The van der Waals surface area contributed by atoms with Crippen LogP contribution in [0.5, 0.6) is 0 Å². The fourth-order valence-corrected chi connectivity index (χ4v) is 0.474. The van der Waals surface area contributed by atoms with Crippen LogP contribution in [0.2, 0.25) is 0 Å². The highest BCUT2D eigenvalue weighted by Crippen LogP contribution is 1.97. The topological polar surface area (TPSA) is 81.8 Å². The Morgan fingerprint density at radius 3 is 3.00 bits per heavy atom. The Kier molecular flexibility index (Phi) is 1.78. The first-order chi connectivity index (χ1) is 4.86. The molecular formula is C5H4N4O. The standard InChI is InChI=1S/C5H4N4O/c6-1-4-2-7-3-5(8-4)9-10/h2-3,10H,(H,8,9). The van der Waals surface area contributed by atoms with E-state index in [1.165, 1.54) is 12.4 Å². The van der Waals surface area contributed by atoms with Crippen molar-refractivity contribution in [1.29, 1.82) is 5.26 Å². The van der Waals surface area contributed by atoms with Gasteiger partial charge >= 0.3 is 0 Å². The minimum Gasteiger partial charge on any atom is -0.290 e. The summed E-state index contributed by atoms with van der Waals surface area (Å²) in [6.07, 6.45) is 2.61. The van der Waals surface area contributed by atoms with Crippen molar-refractivity contribution in [1.82, 2.24) is 9.97 Å². The van der Waals surface area contributed by atoms with Crippen LogP contribution in [0.1, 0.15) is 5.69 Å². The van der Waals surface area contributed by atoms with E-state index in [-0.39, 0.29) is 11.5 Å². The summed E-state index contributed by atoms with van der Waals surface area (Å²) < 4.78 is 0. The third kappa shape index (κ3) is 1.18. The average molecular weight is 136 g/mol. The van der Waals surface area contributed by atoms with E-state index in [1.807, 2.05) is 0 Å². The van der Waals surface area contributed by atoms with Crippen LogP contribution in [0, 0.1) is 11.3 Å². The quantitative estimate of drug-likeness (QED) is 0.537. The first kappa shape index (κ1) is 6.45. The van der Waals surface area contributed by atoms with Gasteiger partial charge in [-0.1, -0.05) is 0 Å². The van der Waals surface area contributed by atoms with E-state index < -0.39 is 0 Å². The van der Waals surface area contributed by atoms with Crippen LogP contribution in [0.25, 0.3) is 0 Å². The summed E-state index contributed by atoms with van der Waals surface area (Å²) in [6, 6.07) is 1.78. The molecule has 1 aromatic rings. The van der Waals surface area contributed by atoms with E-state index in [9.17, 15) is 0 Å². The lowest BCUT2D eigenvalue weighted by Gasteiger charge is -1.93. The molecule has 0 amide bonds. The van der Waals surface area contributed by atoms with Crippen molar-refractivity contribution in [3.8, 4) is 6.07 Å². The second-order valence-electron chi connectivity index (χ2n) is 1.51. The van der Waals surface area contributed by atoms with Crippen molar-refractivity contribution < 1.29 is 5.21 Å². The second-order valence-corrected chi connectivity index (χ2v) is 1.51. The van der Waals surface area contributed by atoms with Crippen LogP contribution in [0.3, 0.4) is 0 Å². The number of nitriles is 1. The summed E-state index contributed by atoms with van der Waals surface area (Å²) in [7, 11) is 0. The summed E-state index contributed by atoms with van der Waals surface area (Å²) >= 11 is 0. The second kappa shape index (κ2) is 2.75. The Morgan fingerprint density at radius 2 is 2.40 bits per heavy atom. The van der Waals surface area contributed by atoms with Crippen molar-refractivity contribution in [3.05, 3.63) is 18.1 Å². The van der Waals surface area contributed by atoms with E-state index >= 15 is 0 Å². The average Bonchev–Trinajstić information content (AvgIpc) is 2.05. The van der Waals surface area contributed by atoms with Crippen molar-refractivity contribution in [3.63, 3.8) is 0 Å². The maximum absolute atomic E-state index is 8.30. The van der Waals surface area contributed by atoms with Gasteiger partial charge < -0.3 is 0 Å². The van der Waals surface area contributed by atoms with E-state index in [1.54, 1.807) is 11.5 Å². The molecule has 5 nitrogen and oxygen atoms in total. The Labute approximate surface area is 56.9 Å². The van der Waals surface area contributed by atoms with Gasteiger partial charge in [0.25, 0.3) is 0 Å². The van der Waals surface area contributed by atoms with Crippen LogP contribution < -0.4 is 5.48 Å². The number of rotatable bonds is 1.